The Hall–Kier alpha value is -1.52. The zero-order chi connectivity index (χ0) is 11.0. The third kappa shape index (κ3) is 1.69. The summed E-state index contributed by atoms with van der Waals surface area (Å²) in [5.41, 5.74) is -0.0589. The maximum absolute atomic E-state index is 13.3. The molecule has 0 radical (unpaired) electrons. The summed E-state index contributed by atoms with van der Waals surface area (Å²) in [6, 6.07) is 1.31. The van der Waals surface area contributed by atoms with Crippen LogP contribution in [0, 0.1) is 22.9 Å². The number of nitrogens with zero attached hydrogens (tertiary/aromatic N) is 1. The molecule has 0 aliphatic carbocycles. The molecule has 0 spiro atoms. The van der Waals surface area contributed by atoms with Crippen molar-refractivity contribution >= 4 is 11.5 Å². The molecule has 80 valence electrons. The van der Waals surface area contributed by atoms with Gasteiger partial charge in [0.15, 0.2) is 11.6 Å². The van der Waals surface area contributed by atoms with Gasteiger partial charge in [0.05, 0.1) is 5.69 Å². The fourth-order valence-corrected chi connectivity index (χ4v) is 1.66. The van der Waals surface area contributed by atoms with Crippen LogP contribution in [0.4, 0.5) is 18.9 Å². The minimum Gasteiger partial charge on any atom is -0.328 e. The van der Waals surface area contributed by atoms with Crippen molar-refractivity contribution in [2.75, 3.05) is 11.4 Å². The molecule has 0 unspecified atom stereocenters. The summed E-state index contributed by atoms with van der Waals surface area (Å²) in [7, 11) is 0. The van der Waals surface area contributed by atoms with Crippen molar-refractivity contribution in [1.82, 2.24) is 0 Å². The zero-order valence-electron chi connectivity index (χ0n) is 7.86. The number of anilines is 1. The topological polar surface area (TPSA) is 27.1 Å². The lowest BCUT2D eigenvalue weighted by molar-refractivity contribution is 0.495. The van der Waals surface area contributed by atoms with Gasteiger partial charge in [-0.2, -0.15) is 0 Å². The van der Waals surface area contributed by atoms with Crippen molar-refractivity contribution in [1.29, 1.82) is 5.41 Å². The second-order valence-corrected chi connectivity index (χ2v) is 3.42. The van der Waals surface area contributed by atoms with E-state index >= 15 is 0 Å². The first-order valence-electron chi connectivity index (χ1n) is 4.59. The van der Waals surface area contributed by atoms with Crippen LogP contribution in [0.3, 0.4) is 0 Å². The van der Waals surface area contributed by atoms with Crippen LogP contribution < -0.4 is 4.90 Å². The summed E-state index contributed by atoms with van der Waals surface area (Å²) in [4.78, 5) is 1.36. The number of halogens is 3. The van der Waals surface area contributed by atoms with E-state index in [2.05, 4.69) is 0 Å². The smallest absolute Gasteiger partial charge is 0.161 e. The Balaban J connectivity index is 2.43. The Morgan fingerprint density at radius 1 is 1.07 bits per heavy atom. The minimum absolute atomic E-state index is 0.0589. The van der Waals surface area contributed by atoms with Crippen LogP contribution >= 0.6 is 0 Å². The molecule has 1 N–H and O–H groups in total. The maximum atomic E-state index is 13.3. The molecular formula is C10H9F3N2. The Kier molecular flexibility index (Phi) is 2.38. The molecule has 0 atom stereocenters. The average Bonchev–Trinajstić information content (AvgIpc) is 2.58. The van der Waals surface area contributed by atoms with Gasteiger partial charge in [-0.15, -0.1) is 0 Å². The molecule has 2 rings (SSSR count). The van der Waals surface area contributed by atoms with Crippen LogP contribution in [0.5, 0.6) is 0 Å². The first-order chi connectivity index (χ1) is 7.09. The van der Waals surface area contributed by atoms with Crippen LogP contribution in [0.1, 0.15) is 12.8 Å². The average molecular weight is 214 g/mol. The fraction of sp³-hybridized carbons (Fsp3) is 0.300. The van der Waals surface area contributed by atoms with Crippen molar-refractivity contribution in [2.24, 2.45) is 0 Å². The van der Waals surface area contributed by atoms with E-state index in [0.29, 0.717) is 19.0 Å². The summed E-state index contributed by atoms with van der Waals surface area (Å²) in [6.07, 6.45) is 1.27. The predicted molar refractivity (Wildman–Crippen MR) is 50.6 cm³/mol. The van der Waals surface area contributed by atoms with Crippen molar-refractivity contribution in [2.45, 2.75) is 12.8 Å². The third-order valence-electron chi connectivity index (χ3n) is 2.40. The van der Waals surface area contributed by atoms with Gasteiger partial charge in [0.25, 0.3) is 0 Å². The highest BCUT2D eigenvalue weighted by atomic mass is 19.2. The van der Waals surface area contributed by atoms with E-state index in [1.54, 1.807) is 0 Å². The Morgan fingerprint density at radius 2 is 1.73 bits per heavy atom. The van der Waals surface area contributed by atoms with Crippen LogP contribution in [0.15, 0.2) is 12.1 Å². The van der Waals surface area contributed by atoms with Gasteiger partial charge in [0.1, 0.15) is 11.7 Å². The molecule has 1 aromatic rings. The highest BCUT2D eigenvalue weighted by molar-refractivity contribution is 5.97. The lowest BCUT2D eigenvalue weighted by atomic mass is 10.2. The number of amidine groups is 1. The van der Waals surface area contributed by atoms with Crippen LogP contribution in [0.2, 0.25) is 0 Å². The monoisotopic (exact) mass is 214 g/mol. The van der Waals surface area contributed by atoms with Gasteiger partial charge >= 0.3 is 0 Å². The van der Waals surface area contributed by atoms with E-state index in [4.69, 9.17) is 5.41 Å². The summed E-state index contributed by atoms with van der Waals surface area (Å²) in [5.74, 6) is -2.89. The quantitative estimate of drug-likeness (QED) is 0.715. The van der Waals surface area contributed by atoms with Crippen LogP contribution in [-0.2, 0) is 0 Å². The second kappa shape index (κ2) is 3.56. The largest absolute Gasteiger partial charge is 0.328 e. The molecule has 1 saturated heterocycles. The molecule has 2 nitrogen and oxygen atoms in total. The number of nitrogens with one attached hydrogen (secondary N) is 1. The molecule has 1 heterocycles. The molecule has 1 aromatic carbocycles. The van der Waals surface area contributed by atoms with Crippen LogP contribution in [0.25, 0.3) is 0 Å². The Labute approximate surface area is 84.8 Å². The molecule has 1 aliphatic rings. The van der Waals surface area contributed by atoms with Gasteiger partial charge in [0.2, 0.25) is 0 Å². The highest BCUT2D eigenvalue weighted by Gasteiger charge is 2.22. The SMILES string of the molecule is N=C1CCCN1c1cc(F)c(F)cc1F. The van der Waals surface area contributed by atoms with Crippen LogP contribution in [-0.4, -0.2) is 12.4 Å². The minimum atomic E-state index is -1.21. The van der Waals surface area contributed by atoms with Gasteiger partial charge in [-0.1, -0.05) is 0 Å². The molecule has 0 bridgehead atoms. The molecular weight excluding hydrogens is 205 g/mol. The van der Waals surface area contributed by atoms with Crippen molar-refractivity contribution in [3.63, 3.8) is 0 Å². The first kappa shape index (κ1) is 10.0. The molecule has 0 saturated carbocycles. The lowest BCUT2D eigenvalue weighted by Crippen LogP contribution is -2.24. The van der Waals surface area contributed by atoms with E-state index in [-0.39, 0.29) is 11.5 Å². The maximum Gasteiger partial charge on any atom is 0.161 e. The summed E-state index contributed by atoms with van der Waals surface area (Å²) >= 11 is 0. The Morgan fingerprint density at radius 3 is 2.33 bits per heavy atom. The van der Waals surface area contributed by atoms with Crippen molar-refractivity contribution in [3.8, 4) is 0 Å². The van der Waals surface area contributed by atoms with Crippen molar-refractivity contribution < 1.29 is 13.2 Å². The molecule has 1 fully saturated rings. The van der Waals surface area contributed by atoms with Gasteiger partial charge in [-0.05, 0) is 6.42 Å². The number of rotatable bonds is 1. The molecule has 5 heteroatoms. The number of hydrogen-bond acceptors (Lipinski definition) is 1. The van der Waals surface area contributed by atoms with E-state index in [0.717, 1.165) is 12.5 Å². The first-order valence-corrected chi connectivity index (χ1v) is 4.59. The van der Waals surface area contributed by atoms with Gasteiger partial charge < -0.3 is 4.90 Å². The van der Waals surface area contributed by atoms with Gasteiger partial charge in [-0.25, -0.2) is 13.2 Å². The zero-order valence-corrected chi connectivity index (χ0v) is 7.86. The molecule has 15 heavy (non-hydrogen) atoms. The summed E-state index contributed by atoms with van der Waals surface area (Å²) in [6.45, 7) is 0.473. The molecule has 1 aliphatic heterocycles. The standard InChI is InChI=1S/C10H9F3N2/c11-6-4-8(13)9(5-7(6)12)15-3-1-2-10(15)14/h4-5,14H,1-3H2. The second-order valence-electron chi connectivity index (χ2n) is 3.42. The van der Waals surface area contributed by atoms with Gasteiger partial charge in [-0.3, -0.25) is 5.41 Å². The molecule has 0 amide bonds. The molecule has 0 aromatic heterocycles. The van der Waals surface area contributed by atoms with Crippen molar-refractivity contribution in [3.05, 3.63) is 29.6 Å². The lowest BCUT2D eigenvalue weighted by Gasteiger charge is -2.18. The number of hydrogen-bond donors (Lipinski definition) is 1. The third-order valence-corrected chi connectivity index (χ3v) is 2.40. The van der Waals surface area contributed by atoms with E-state index in [9.17, 15) is 13.2 Å². The Bertz CT molecular complexity index is 417. The summed E-state index contributed by atoms with van der Waals surface area (Å²) < 4.78 is 38.9. The van der Waals surface area contributed by atoms with E-state index in [1.165, 1.54) is 4.90 Å². The normalized spacial score (nSPS) is 16.2. The van der Waals surface area contributed by atoms with Gasteiger partial charge in [0, 0.05) is 25.1 Å². The predicted octanol–water partition coefficient (Wildman–Crippen LogP) is 2.68. The van der Waals surface area contributed by atoms with E-state index < -0.39 is 17.5 Å². The number of benzene rings is 1. The van der Waals surface area contributed by atoms with E-state index in [1.807, 2.05) is 0 Å². The summed E-state index contributed by atoms with van der Waals surface area (Å²) in [5, 5.41) is 7.51. The highest BCUT2D eigenvalue weighted by Crippen LogP contribution is 2.26. The fourth-order valence-electron chi connectivity index (χ4n) is 1.66.